The number of Topliss-reactive ketones (excluding diaryl/α,β-unsaturated/α-hetero) is 1. The zero-order valence-corrected chi connectivity index (χ0v) is 14.2. The molecule has 0 aliphatic heterocycles. The first-order chi connectivity index (χ1) is 11.9. The highest BCUT2D eigenvalue weighted by Crippen LogP contribution is 2.31. The average molecular weight is 380 g/mol. The second-order valence-corrected chi connectivity index (χ2v) is 6.45. The molecule has 0 aliphatic rings. The molecule has 0 radical (unpaired) electrons. The van der Waals surface area contributed by atoms with E-state index in [1.165, 1.54) is 18.3 Å². The summed E-state index contributed by atoms with van der Waals surface area (Å²) in [6, 6.07) is 8.67. The molecule has 1 unspecified atom stereocenters. The zero-order valence-electron chi connectivity index (χ0n) is 12.7. The van der Waals surface area contributed by atoms with E-state index in [0.29, 0.717) is 21.5 Å². The van der Waals surface area contributed by atoms with Gasteiger partial charge in [0.25, 0.3) is 0 Å². The Balaban J connectivity index is 1.96. The number of aromatic nitrogens is 1. The molecule has 0 fully saturated rings. The largest absolute Gasteiger partial charge is 0.481 e. The second-order valence-electron chi connectivity index (χ2n) is 5.58. The third-order valence-corrected chi connectivity index (χ3v) is 4.44. The molecule has 0 saturated carbocycles. The Labute approximate surface area is 152 Å². The van der Waals surface area contributed by atoms with Gasteiger partial charge in [-0.2, -0.15) is 0 Å². The standard InChI is InChI=1S/C18H12Cl2FNO3/c19-9-2-4-12(15(21)5-9)17(23)7-13(18(24)25)14-8-22-16-6-10(20)1-3-11(14)16/h1-6,8,13,22H,7H2,(H,24,25). The van der Waals surface area contributed by atoms with E-state index in [2.05, 4.69) is 4.98 Å². The maximum atomic E-state index is 13.9. The number of benzene rings is 2. The molecule has 0 bridgehead atoms. The molecule has 1 heterocycles. The van der Waals surface area contributed by atoms with Crippen LogP contribution in [0, 0.1) is 5.82 Å². The van der Waals surface area contributed by atoms with E-state index in [4.69, 9.17) is 23.2 Å². The van der Waals surface area contributed by atoms with Crippen LogP contribution in [0.1, 0.15) is 28.3 Å². The van der Waals surface area contributed by atoms with Crippen LogP contribution >= 0.6 is 23.2 Å². The van der Waals surface area contributed by atoms with Gasteiger partial charge < -0.3 is 10.1 Å². The number of carbonyl (C=O) groups excluding carboxylic acids is 1. The summed E-state index contributed by atoms with van der Waals surface area (Å²) in [6.45, 7) is 0. The predicted octanol–water partition coefficient (Wildman–Crippen LogP) is 5.06. The molecular weight excluding hydrogens is 368 g/mol. The molecule has 25 heavy (non-hydrogen) atoms. The highest BCUT2D eigenvalue weighted by atomic mass is 35.5. The quantitative estimate of drug-likeness (QED) is 0.609. The molecule has 7 heteroatoms. The number of fused-ring (bicyclic) bond motifs is 1. The SMILES string of the molecule is O=C(CC(C(=O)O)c1c[nH]c2cc(Cl)ccc12)c1ccc(Cl)cc1F. The van der Waals surface area contributed by atoms with Crippen LogP contribution in [0.15, 0.2) is 42.6 Å². The van der Waals surface area contributed by atoms with Crippen molar-refractivity contribution in [1.29, 1.82) is 0 Å². The van der Waals surface area contributed by atoms with E-state index >= 15 is 0 Å². The molecular formula is C18H12Cl2FNO3. The van der Waals surface area contributed by atoms with Crippen molar-refractivity contribution in [3.05, 3.63) is 69.6 Å². The summed E-state index contributed by atoms with van der Waals surface area (Å²) in [4.78, 5) is 27.1. The van der Waals surface area contributed by atoms with Crippen LogP contribution in [0.4, 0.5) is 4.39 Å². The monoisotopic (exact) mass is 379 g/mol. The van der Waals surface area contributed by atoms with Gasteiger partial charge >= 0.3 is 5.97 Å². The Morgan fingerprint density at radius 3 is 2.48 bits per heavy atom. The summed E-state index contributed by atoms with van der Waals surface area (Å²) in [6.07, 6.45) is 1.16. The molecule has 0 saturated heterocycles. The normalized spacial score (nSPS) is 12.3. The summed E-state index contributed by atoms with van der Waals surface area (Å²) in [5.41, 5.74) is 0.930. The van der Waals surface area contributed by atoms with Crippen LogP contribution in [0.5, 0.6) is 0 Å². The van der Waals surface area contributed by atoms with E-state index in [-0.39, 0.29) is 17.0 Å². The topological polar surface area (TPSA) is 70.2 Å². The smallest absolute Gasteiger partial charge is 0.311 e. The van der Waals surface area contributed by atoms with Gasteiger partial charge in [-0.05, 0) is 35.9 Å². The molecule has 0 amide bonds. The Morgan fingerprint density at radius 1 is 1.12 bits per heavy atom. The van der Waals surface area contributed by atoms with Crippen LogP contribution in [-0.4, -0.2) is 21.8 Å². The first-order valence-corrected chi connectivity index (χ1v) is 8.10. The van der Waals surface area contributed by atoms with Gasteiger partial charge in [0, 0.05) is 33.6 Å². The van der Waals surface area contributed by atoms with Gasteiger partial charge in [-0.25, -0.2) is 4.39 Å². The van der Waals surface area contributed by atoms with E-state index in [9.17, 15) is 19.1 Å². The number of nitrogens with one attached hydrogen (secondary N) is 1. The Hall–Kier alpha value is -2.37. The van der Waals surface area contributed by atoms with E-state index in [1.807, 2.05) is 0 Å². The fourth-order valence-electron chi connectivity index (χ4n) is 2.75. The zero-order chi connectivity index (χ0) is 18.1. The number of carbonyl (C=O) groups is 2. The van der Waals surface area contributed by atoms with Crippen LogP contribution < -0.4 is 0 Å². The molecule has 1 atom stereocenters. The van der Waals surface area contributed by atoms with Gasteiger partial charge in [0.05, 0.1) is 11.5 Å². The molecule has 3 aromatic rings. The van der Waals surface area contributed by atoms with Gasteiger partial charge in [-0.1, -0.05) is 29.3 Å². The van der Waals surface area contributed by atoms with E-state index in [1.54, 1.807) is 18.2 Å². The van der Waals surface area contributed by atoms with Crippen LogP contribution in [-0.2, 0) is 4.79 Å². The first kappa shape index (κ1) is 17.5. The molecule has 1 aromatic heterocycles. The van der Waals surface area contributed by atoms with E-state index < -0.39 is 23.5 Å². The number of hydrogen-bond donors (Lipinski definition) is 2. The molecule has 3 rings (SSSR count). The lowest BCUT2D eigenvalue weighted by Gasteiger charge is -2.12. The maximum Gasteiger partial charge on any atom is 0.311 e. The van der Waals surface area contributed by atoms with Crippen LogP contribution in [0.3, 0.4) is 0 Å². The maximum absolute atomic E-state index is 13.9. The predicted molar refractivity (Wildman–Crippen MR) is 94.0 cm³/mol. The number of aliphatic carboxylic acids is 1. The summed E-state index contributed by atoms with van der Waals surface area (Å²) in [7, 11) is 0. The third-order valence-electron chi connectivity index (χ3n) is 3.97. The van der Waals surface area contributed by atoms with Crippen molar-refractivity contribution in [2.75, 3.05) is 0 Å². The van der Waals surface area contributed by atoms with Crippen molar-refractivity contribution in [3.8, 4) is 0 Å². The van der Waals surface area contributed by atoms with Crippen molar-refractivity contribution < 1.29 is 19.1 Å². The minimum atomic E-state index is -1.17. The number of carboxylic acids is 1. The Bertz CT molecular complexity index is 984. The van der Waals surface area contributed by atoms with Gasteiger partial charge in [0.2, 0.25) is 0 Å². The second kappa shape index (κ2) is 6.86. The van der Waals surface area contributed by atoms with Gasteiger partial charge in [-0.15, -0.1) is 0 Å². The number of carboxylic acid groups (broad SMARTS) is 1. The van der Waals surface area contributed by atoms with Crippen LogP contribution in [0.2, 0.25) is 10.0 Å². The van der Waals surface area contributed by atoms with Crippen molar-refractivity contribution >= 4 is 45.9 Å². The molecule has 0 spiro atoms. The molecule has 4 nitrogen and oxygen atoms in total. The highest BCUT2D eigenvalue weighted by molar-refractivity contribution is 6.31. The van der Waals surface area contributed by atoms with Crippen molar-refractivity contribution in [1.82, 2.24) is 4.98 Å². The first-order valence-electron chi connectivity index (χ1n) is 7.34. The lowest BCUT2D eigenvalue weighted by Crippen LogP contribution is -2.17. The number of ketones is 1. The van der Waals surface area contributed by atoms with Crippen molar-refractivity contribution in [2.24, 2.45) is 0 Å². The fourth-order valence-corrected chi connectivity index (χ4v) is 3.08. The molecule has 2 aromatic carbocycles. The minimum absolute atomic E-state index is 0.164. The highest BCUT2D eigenvalue weighted by Gasteiger charge is 2.27. The number of H-pyrrole nitrogens is 1. The summed E-state index contributed by atoms with van der Waals surface area (Å²) >= 11 is 11.6. The Kier molecular flexibility index (Phi) is 4.79. The summed E-state index contributed by atoms with van der Waals surface area (Å²) in [5.74, 6) is -3.66. The number of aromatic amines is 1. The van der Waals surface area contributed by atoms with Gasteiger partial charge in [0.1, 0.15) is 5.82 Å². The molecule has 0 aliphatic carbocycles. The fraction of sp³-hybridized carbons (Fsp3) is 0.111. The van der Waals surface area contributed by atoms with Crippen molar-refractivity contribution in [2.45, 2.75) is 12.3 Å². The van der Waals surface area contributed by atoms with Crippen molar-refractivity contribution in [3.63, 3.8) is 0 Å². The lowest BCUT2D eigenvalue weighted by molar-refractivity contribution is -0.138. The van der Waals surface area contributed by atoms with E-state index in [0.717, 1.165) is 6.07 Å². The number of halogens is 3. The minimum Gasteiger partial charge on any atom is -0.481 e. The molecule has 128 valence electrons. The molecule has 2 N–H and O–H groups in total. The summed E-state index contributed by atoms with van der Waals surface area (Å²) < 4.78 is 13.9. The summed E-state index contributed by atoms with van der Waals surface area (Å²) in [5, 5.41) is 10.9. The van der Waals surface area contributed by atoms with Crippen LogP contribution in [0.25, 0.3) is 10.9 Å². The number of hydrogen-bond acceptors (Lipinski definition) is 2. The Morgan fingerprint density at radius 2 is 1.80 bits per heavy atom. The lowest BCUT2D eigenvalue weighted by atomic mass is 9.91. The number of rotatable bonds is 5. The van der Waals surface area contributed by atoms with Gasteiger partial charge in [-0.3, -0.25) is 9.59 Å². The van der Waals surface area contributed by atoms with Gasteiger partial charge in [0.15, 0.2) is 5.78 Å². The third kappa shape index (κ3) is 3.52. The average Bonchev–Trinajstić information content (AvgIpc) is 2.94.